The highest BCUT2D eigenvalue weighted by molar-refractivity contribution is 6.31. The van der Waals surface area contributed by atoms with Gasteiger partial charge in [0.1, 0.15) is 18.0 Å². The molecule has 0 radical (unpaired) electrons. The third-order valence-electron chi connectivity index (χ3n) is 4.97. The molecule has 0 bridgehead atoms. The van der Waals surface area contributed by atoms with E-state index in [1.54, 1.807) is 48.5 Å². The second kappa shape index (κ2) is 9.44. The van der Waals surface area contributed by atoms with Gasteiger partial charge in [0.15, 0.2) is 11.5 Å². The number of amides is 2. The molecule has 1 N–H and O–H groups in total. The summed E-state index contributed by atoms with van der Waals surface area (Å²) < 4.78 is 30.2. The van der Waals surface area contributed by atoms with E-state index in [4.69, 9.17) is 14.2 Å². The molecule has 0 aromatic heterocycles. The Kier molecular flexibility index (Phi) is 6.26. The van der Waals surface area contributed by atoms with E-state index in [-0.39, 0.29) is 18.0 Å². The Morgan fingerprint density at radius 3 is 2.27 bits per heavy atom. The standard InChI is InChI=1S/C25H21FN2O5/c1-31-21-13-17(12-20-24(29)27-28(25(20)30)19-9-4-3-5-10-19)14-22(32-2)23(21)33-15-16-7-6-8-18(26)11-16/h3-14H,15H2,1-2H3,(H,27,29). The summed E-state index contributed by atoms with van der Waals surface area (Å²) in [5.74, 6) is -0.365. The van der Waals surface area contributed by atoms with Crippen LogP contribution in [0.2, 0.25) is 0 Å². The fourth-order valence-corrected chi connectivity index (χ4v) is 3.39. The predicted molar refractivity (Wildman–Crippen MR) is 120 cm³/mol. The zero-order chi connectivity index (χ0) is 23.4. The number of hydrazine groups is 1. The van der Waals surface area contributed by atoms with Gasteiger partial charge in [0.25, 0.3) is 11.8 Å². The Hall–Kier alpha value is -4.33. The van der Waals surface area contributed by atoms with Crippen LogP contribution >= 0.6 is 0 Å². The predicted octanol–water partition coefficient (Wildman–Crippen LogP) is 3.88. The van der Waals surface area contributed by atoms with Crippen LogP contribution in [0.3, 0.4) is 0 Å². The molecule has 1 saturated heterocycles. The largest absolute Gasteiger partial charge is 0.493 e. The van der Waals surface area contributed by atoms with Gasteiger partial charge in [-0.25, -0.2) is 9.40 Å². The summed E-state index contributed by atoms with van der Waals surface area (Å²) in [6.45, 7) is 0.0951. The van der Waals surface area contributed by atoms with Gasteiger partial charge in [-0.2, -0.15) is 0 Å². The maximum atomic E-state index is 13.5. The van der Waals surface area contributed by atoms with E-state index < -0.39 is 11.8 Å². The number of methoxy groups -OCH3 is 2. The van der Waals surface area contributed by atoms with Crippen LogP contribution in [0.1, 0.15) is 11.1 Å². The molecule has 168 valence electrons. The van der Waals surface area contributed by atoms with Gasteiger partial charge in [0.05, 0.1) is 19.9 Å². The smallest absolute Gasteiger partial charge is 0.282 e. The average Bonchev–Trinajstić information content (AvgIpc) is 3.11. The molecule has 0 atom stereocenters. The fourth-order valence-electron chi connectivity index (χ4n) is 3.39. The molecule has 7 nitrogen and oxygen atoms in total. The molecular weight excluding hydrogens is 427 g/mol. The van der Waals surface area contributed by atoms with Crippen molar-refractivity contribution in [2.24, 2.45) is 0 Å². The van der Waals surface area contributed by atoms with Gasteiger partial charge in [-0.05, 0) is 53.6 Å². The van der Waals surface area contributed by atoms with Gasteiger partial charge in [-0.1, -0.05) is 30.3 Å². The number of para-hydroxylation sites is 1. The van der Waals surface area contributed by atoms with Gasteiger partial charge < -0.3 is 14.2 Å². The number of hydrogen-bond donors (Lipinski definition) is 1. The van der Waals surface area contributed by atoms with Crippen LogP contribution in [0, 0.1) is 5.82 Å². The lowest BCUT2D eigenvalue weighted by atomic mass is 10.1. The van der Waals surface area contributed by atoms with Gasteiger partial charge in [-0.3, -0.25) is 15.0 Å². The molecule has 1 heterocycles. The third kappa shape index (κ3) is 4.64. The Morgan fingerprint density at radius 1 is 0.939 bits per heavy atom. The van der Waals surface area contributed by atoms with Gasteiger partial charge in [0, 0.05) is 0 Å². The lowest BCUT2D eigenvalue weighted by Crippen LogP contribution is -2.35. The Bertz CT molecular complexity index is 1200. The first kappa shape index (κ1) is 21.9. The summed E-state index contributed by atoms with van der Waals surface area (Å²) in [5.41, 5.74) is 4.23. The topological polar surface area (TPSA) is 77.1 Å². The normalized spacial score (nSPS) is 14.4. The quantitative estimate of drug-likeness (QED) is 0.439. The molecule has 1 fully saturated rings. The van der Waals surface area contributed by atoms with Crippen molar-refractivity contribution in [1.82, 2.24) is 5.43 Å². The summed E-state index contributed by atoms with van der Waals surface area (Å²) in [7, 11) is 2.93. The number of hydrogen-bond acceptors (Lipinski definition) is 5. The maximum Gasteiger partial charge on any atom is 0.282 e. The minimum atomic E-state index is -0.520. The van der Waals surface area contributed by atoms with E-state index in [1.807, 2.05) is 6.07 Å². The van der Waals surface area contributed by atoms with E-state index in [1.165, 1.54) is 37.4 Å². The van der Waals surface area contributed by atoms with Crippen LogP contribution in [-0.4, -0.2) is 26.0 Å². The van der Waals surface area contributed by atoms with Crippen LogP contribution in [0.15, 0.2) is 72.3 Å². The van der Waals surface area contributed by atoms with Gasteiger partial charge in [0.2, 0.25) is 5.75 Å². The minimum Gasteiger partial charge on any atom is -0.493 e. The third-order valence-corrected chi connectivity index (χ3v) is 4.97. The molecular formula is C25H21FN2O5. The highest BCUT2D eigenvalue weighted by Crippen LogP contribution is 2.40. The number of nitrogens with zero attached hydrogens (tertiary/aromatic N) is 1. The van der Waals surface area contributed by atoms with Crippen molar-refractivity contribution in [3.63, 3.8) is 0 Å². The van der Waals surface area contributed by atoms with Gasteiger partial charge >= 0.3 is 0 Å². The van der Waals surface area contributed by atoms with Crippen molar-refractivity contribution in [2.75, 3.05) is 19.2 Å². The second-order valence-corrected chi connectivity index (χ2v) is 7.15. The second-order valence-electron chi connectivity index (χ2n) is 7.15. The van der Waals surface area contributed by atoms with Crippen molar-refractivity contribution < 1.29 is 28.2 Å². The van der Waals surface area contributed by atoms with E-state index in [2.05, 4.69) is 5.43 Å². The van der Waals surface area contributed by atoms with Crippen LogP contribution in [0.5, 0.6) is 17.2 Å². The number of carbonyl (C=O) groups excluding carboxylic acids is 2. The average molecular weight is 448 g/mol. The van der Waals surface area contributed by atoms with Crippen LogP contribution < -0.4 is 24.6 Å². The van der Waals surface area contributed by atoms with Crippen molar-refractivity contribution in [2.45, 2.75) is 6.61 Å². The molecule has 0 saturated carbocycles. The minimum absolute atomic E-state index is 0.0311. The molecule has 4 rings (SSSR count). The van der Waals surface area contributed by atoms with E-state index in [0.717, 1.165) is 0 Å². The first-order valence-electron chi connectivity index (χ1n) is 10.1. The number of anilines is 1. The van der Waals surface area contributed by atoms with Crippen LogP contribution in [0.25, 0.3) is 6.08 Å². The Labute approximate surface area is 190 Å². The number of rotatable bonds is 7. The SMILES string of the molecule is COc1cc(C=C2C(=O)NN(c3ccccc3)C2=O)cc(OC)c1OCc1cccc(F)c1. The molecule has 0 aliphatic carbocycles. The molecule has 1 aliphatic heterocycles. The summed E-state index contributed by atoms with van der Waals surface area (Å²) in [6, 6.07) is 18.1. The molecule has 0 unspecified atom stereocenters. The number of halogens is 1. The fraction of sp³-hybridized carbons (Fsp3) is 0.120. The van der Waals surface area contributed by atoms with E-state index in [0.29, 0.717) is 34.1 Å². The lowest BCUT2D eigenvalue weighted by molar-refractivity contribution is -0.117. The van der Waals surface area contributed by atoms with E-state index in [9.17, 15) is 14.0 Å². The molecule has 3 aromatic carbocycles. The van der Waals surface area contributed by atoms with E-state index >= 15 is 0 Å². The molecule has 1 aliphatic rings. The van der Waals surface area contributed by atoms with Crippen molar-refractivity contribution in [1.29, 1.82) is 0 Å². The monoisotopic (exact) mass is 448 g/mol. The Morgan fingerprint density at radius 2 is 1.64 bits per heavy atom. The van der Waals surface area contributed by atoms with Crippen LogP contribution in [-0.2, 0) is 16.2 Å². The Balaban J connectivity index is 1.62. The number of nitrogens with one attached hydrogen (secondary N) is 1. The molecule has 33 heavy (non-hydrogen) atoms. The van der Waals surface area contributed by atoms with Crippen molar-refractivity contribution >= 4 is 23.6 Å². The van der Waals surface area contributed by atoms with Crippen molar-refractivity contribution in [3.8, 4) is 17.2 Å². The zero-order valence-electron chi connectivity index (χ0n) is 18.0. The number of ether oxygens (including phenoxy) is 3. The lowest BCUT2D eigenvalue weighted by Gasteiger charge is -2.15. The first-order chi connectivity index (χ1) is 16.0. The summed E-state index contributed by atoms with van der Waals surface area (Å²) in [6.07, 6.45) is 1.46. The highest BCUT2D eigenvalue weighted by Gasteiger charge is 2.34. The van der Waals surface area contributed by atoms with Crippen molar-refractivity contribution in [3.05, 3.63) is 89.2 Å². The van der Waals surface area contributed by atoms with Crippen LogP contribution in [0.4, 0.5) is 10.1 Å². The maximum absolute atomic E-state index is 13.5. The highest BCUT2D eigenvalue weighted by atomic mass is 19.1. The summed E-state index contributed by atoms with van der Waals surface area (Å²) in [5, 5.41) is 1.19. The summed E-state index contributed by atoms with van der Waals surface area (Å²) >= 11 is 0. The molecule has 8 heteroatoms. The number of carbonyl (C=O) groups is 2. The zero-order valence-corrected chi connectivity index (χ0v) is 18.0. The first-order valence-corrected chi connectivity index (χ1v) is 10.1. The molecule has 0 spiro atoms. The molecule has 3 aromatic rings. The molecule has 2 amide bonds. The summed E-state index contributed by atoms with van der Waals surface area (Å²) in [4.78, 5) is 25.3. The van der Waals surface area contributed by atoms with Gasteiger partial charge in [-0.15, -0.1) is 0 Å². The number of benzene rings is 3.